The monoisotopic (exact) mass is 251 g/mol. The largest absolute Gasteiger partial charge is 0.383 e. The van der Waals surface area contributed by atoms with Gasteiger partial charge in [0.2, 0.25) is 5.91 Å². The number of aromatic nitrogens is 2. The Morgan fingerprint density at radius 3 is 2.67 bits per heavy atom. The van der Waals surface area contributed by atoms with Gasteiger partial charge in [0.05, 0.1) is 0 Å². The van der Waals surface area contributed by atoms with Gasteiger partial charge >= 0.3 is 0 Å². The van der Waals surface area contributed by atoms with Gasteiger partial charge in [0.15, 0.2) is 0 Å². The Balaban J connectivity index is 2.87. The topological polar surface area (TPSA) is 84.1 Å². The molecule has 1 amide bonds. The second-order valence-corrected chi connectivity index (χ2v) is 4.17. The van der Waals surface area contributed by atoms with Gasteiger partial charge in [-0.25, -0.2) is 9.97 Å². The smallest absolute Gasteiger partial charge is 0.221 e. The molecule has 0 aliphatic rings. The van der Waals surface area contributed by atoms with E-state index in [1.54, 1.807) is 7.05 Å². The fourth-order valence-electron chi connectivity index (χ4n) is 1.60. The number of carbonyl (C=O) groups is 1. The molecule has 3 N–H and O–H groups in total. The number of nitrogens with one attached hydrogen (secondary N) is 1. The number of nitrogens with zero attached hydrogens (tertiary/aromatic N) is 3. The molecule has 0 fully saturated rings. The highest BCUT2D eigenvalue weighted by Gasteiger charge is 2.12. The summed E-state index contributed by atoms with van der Waals surface area (Å²) in [7, 11) is 3.53. The molecule has 6 nitrogen and oxygen atoms in total. The van der Waals surface area contributed by atoms with Gasteiger partial charge in [-0.2, -0.15) is 0 Å². The Bertz CT molecular complexity index is 433. The van der Waals surface area contributed by atoms with E-state index in [0.29, 0.717) is 18.8 Å². The number of nitrogen functional groups attached to an aromatic ring is 1. The van der Waals surface area contributed by atoms with Crippen molar-refractivity contribution in [2.75, 3.05) is 31.3 Å². The van der Waals surface area contributed by atoms with Crippen LogP contribution >= 0.6 is 0 Å². The number of hydrogen-bond donors (Lipinski definition) is 2. The Morgan fingerprint density at radius 1 is 1.44 bits per heavy atom. The van der Waals surface area contributed by atoms with Gasteiger partial charge in [-0.15, -0.1) is 0 Å². The molecule has 0 aliphatic carbocycles. The maximum absolute atomic E-state index is 11.2. The van der Waals surface area contributed by atoms with Gasteiger partial charge in [0, 0.05) is 39.0 Å². The average molecular weight is 251 g/mol. The van der Waals surface area contributed by atoms with Crippen LogP contribution in [0.3, 0.4) is 0 Å². The average Bonchev–Trinajstić information content (AvgIpc) is 2.38. The molecule has 0 bridgehead atoms. The summed E-state index contributed by atoms with van der Waals surface area (Å²) in [4.78, 5) is 21.8. The molecule has 1 aromatic heterocycles. The molecule has 0 aliphatic heterocycles. The van der Waals surface area contributed by atoms with E-state index in [2.05, 4.69) is 15.3 Å². The minimum Gasteiger partial charge on any atom is -0.383 e. The van der Waals surface area contributed by atoms with Crippen molar-refractivity contribution in [2.45, 2.75) is 26.7 Å². The van der Waals surface area contributed by atoms with Gasteiger partial charge in [-0.05, 0) is 6.92 Å². The van der Waals surface area contributed by atoms with Crippen molar-refractivity contribution >= 4 is 17.5 Å². The molecule has 0 aromatic carbocycles. The van der Waals surface area contributed by atoms with Crippen LogP contribution < -0.4 is 16.0 Å². The molecule has 0 unspecified atom stereocenters. The highest BCUT2D eigenvalue weighted by Crippen LogP contribution is 2.20. The van der Waals surface area contributed by atoms with Crippen LogP contribution in [0.4, 0.5) is 11.6 Å². The standard InChI is InChI=1S/C12H21N5O/c1-5-9-15-11(13)8(2)12(16-9)17(4)7-6-10(18)14-3/h5-7H2,1-4H3,(H,14,18)(H2,13,15,16). The van der Waals surface area contributed by atoms with E-state index in [4.69, 9.17) is 5.73 Å². The number of amides is 1. The third-order valence-corrected chi connectivity index (χ3v) is 2.84. The maximum Gasteiger partial charge on any atom is 0.221 e. The first-order valence-electron chi connectivity index (χ1n) is 6.04. The summed E-state index contributed by atoms with van der Waals surface area (Å²) >= 11 is 0. The molecule has 0 spiro atoms. The van der Waals surface area contributed by atoms with Gasteiger partial charge in [0.1, 0.15) is 17.5 Å². The number of carbonyl (C=O) groups excluding carboxylic acids is 1. The highest BCUT2D eigenvalue weighted by atomic mass is 16.1. The van der Waals surface area contributed by atoms with Crippen molar-refractivity contribution in [3.63, 3.8) is 0 Å². The fraction of sp³-hybridized carbons (Fsp3) is 0.583. The molecule has 1 rings (SSSR count). The summed E-state index contributed by atoms with van der Waals surface area (Å²) in [6, 6.07) is 0. The summed E-state index contributed by atoms with van der Waals surface area (Å²) in [5.74, 6) is 2.03. The van der Waals surface area contributed by atoms with Gasteiger partial charge in [-0.1, -0.05) is 6.92 Å². The summed E-state index contributed by atoms with van der Waals surface area (Å²) in [5.41, 5.74) is 6.71. The second-order valence-electron chi connectivity index (χ2n) is 4.17. The molecule has 0 radical (unpaired) electrons. The van der Waals surface area contributed by atoms with E-state index >= 15 is 0 Å². The quantitative estimate of drug-likeness (QED) is 0.796. The zero-order valence-corrected chi connectivity index (χ0v) is 11.4. The molecule has 0 saturated carbocycles. The summed E-state index contributed by atoms with van der Waals surface area (Å²) in [5, 5.41) is 2.60. The zero-order valence-electron chi connectivity index (χ0n) is 11.4. The minimum absolute atomic E-state index is 0.0113. The molecule has 0 atom stereocenters. The van der Waals surface area contributed by atoms with Gasteiger partial charge in [0.25, 0.3) is 0 Å². The first-order chi connectivity index (χ1) is 8.49. The lowest BCUT2D eigenvalue weighted by atomic mass is 10.2. The lowest BCUT2D eigenvalue weighted by molar-refractivity contribution is -0.120. The van der Waals surface area contributed by atoms with E-state index in [1.807, 2.05) is 25.8 Å². The Morgan fingerprint density at radius 2 is 2.11 bits per heavy atom. The molecule has 6 heteroatoms. The van der Waals surface area contributed by atoms with Crippen LogP contribution in [-0.4, -0.2) is 36.5 Å². The molecular formula is C12H21N5O. The SMILES string of the molecule is CCc1nc(N)c(C)c(N(C)CCC(=O)NC)n1. The van der Waals surface area contributed by atoms with Crippen LogP contribution in [0.5, 0.6) is 0 Å². The lowest BCUT2D eigenvalue weighted by Crippen LogP contribution is -2.28. The summed E-state index contributed by atoms with van der Waals surface area (Å²) in [6.45, 7) is 4.47. The van der Waals surface area contributed by atoms with Crippen LogP contribution in [0.15, 0.2) is 0 Å². The van der Waals surface area contributed by atoms with Crippen molar-refractivity contribution < 1.29 is 4.79 Å². The summed E-state index contributed by atoms with van der Waals surface area (Å²) < 4.78 is 0. The Hall–Kier alpha value is -1.85. The third-order valence-electron chi connectivity index (χ3n) is 2.84. The first-order valence-corrected chi connectivity index (χ1v) is 6.04. The Kier molecular flexibility index (Phi) is 4.88. The van der Waals surface area contributed by atoms with Crippen LogP contribution in [-0.2, 0) is 11.2 Å². The van der Waals surface area contributed by atoms with Gasteiger partial charge in [-0.3, -0.25) is 4.79 Å². The second kappa shape index (κ2) is 6.18. The van der Waals surface area contributed by atoms with Crippen molar-refractivity contribution in [3.05, 3.63) is 11.4 Å². The minimum atomic E-state index is 0.0113. The normalized spacial score (nSPS) is 10.2. The molecule has 100 valence electrons. The predicted octanol–water partition coefficient (Wildman–Crippen LogP) is 0.502. The van der Waals surface area contributed by atoms with Crippen molar-refractivity contribution in [3.8, 4) is 0 Å². The zero-order chi connectivity index (χ0) is 13.7. The molecule has 18 heavy (non-hydrogen) atoms. The van der Waals surface area contributed by atoms with Crippen molar-refractivity contribution in [2.24, 2.45) is 0 Å². The predicted molar refractivity (Wildman–Crippen MR) is 72.5 cm³/mol. The van der Waals surface area contributed by atoms with Crippen LogP contribution in [0.2, 0.25) is 0 Å². The molecule has 1 heterocycles. The molecule has 1 aromatic rings. The highest BCUT2D eigenvalue weighted by molar-refractivity contribution is 5.76. The van der Waals surface area contributed by atoms with Crippen molar-refractivity contribution in [1.29, 1.82) is 0 Å². The van der Waals surface area contributed by atoms with E-state index < -0.39 is 0 Å². The molecule has 0 saturated heterocycles. The maximum atomic E-state index is 11.2. The van der Waals surface area contributed by atoms with E-state index in [-0.39, 0.29) is 5.91 Å². The molecular weight excluding hydrogens is 230 g/mol. The Labute approximate surface area is 108 Å². The number of nitrogens with two attached hydrogens (primary N) is 1. The van der Waals surface area contributed by atoms with Crippen molar-refractivity contribution in [1.82, 2.24) is 15.3 Å². The van der Waals surface area contributed by atoms with Crippen LogP contribution in [0.1, 0.15) is 24.7 Å². The van der Waals surface area contributed by atoms with Crippen LogP contribution in [0.25, 0.3) is 0 Å². The first kappa shape index (κ1) is 14.2. The van der Waals surface area contributed by atoms with E-state index in [1.165, 1.54) is 0 Å². The third kappa shape index (κ3) is 3.32. The fourth-order valence-corrected chi connectivity index (χ4v) is 1.60. The number of hydrogen-bond acceptors (Lipinski definition) is 5. The summed E-state index contributed by atoms with van der Waals surface area (Å²) in [6.07, 6.45) is 1.17. The van der Waals surface area contributed by atoms with E-state index in [9.17, 15) is 4.79 Å². The number of anilines is 2. The van der Waals surface area contributed by atoms with Gasteiger partial charge < -0.3 is 16.0 Å². The van der Waals surface area contributed by atoms with E-state index in [0.717, 1.165) is 23.6 Å². The van der Waals surface area contributed by atoms with Crippen LogP contribution in [0, 0.1) is 6.92 Å². The lowest BCUT2D eigenvalue weighted by Gasteiger charge is -2.21. The number of rotatable bonds is 5. The number of aryl methyl sites for hydroxylation is 1.